The van der Waals surface area contributed by atoms with Gasteiger partial charge in [-0.1, -0.05) is 0 Å². The normalized spacial score (nSPS) is 11.5. The maximum Gasteiger partial charge on any atom is 0.366 e. The number of aromatic carboxylic acids is 1. The Labute approximate surface area is 78.3 Å². The molecule has 8 heteroatoms. The van der Waals surface area contributed by atoms with Gasteiger partial charge in [0.05, 0.1) is 0 Å². The molecule has 0 aromatic carbocycles. The predicted molar refractivity (Wildman–Crippen MR) is 45.4 cm³/mol. The van der Waals surface area contributed by atoms with Crippen molar-refractivity contribution >= 4 is 27.3 Å². The van der Waals surface area contributed by atoms with Crippen LogP contribution in [-0.2, 0) is 15.6 Å². The first-order valence-electron chi connectivity index (χ1n) is 3.12. The van der Waals surface area contributed by atoms with E-state index in [9.17, 15) is 13.2 Å². The lowest BCUT2D eigenvalue weighted by molar-refractivity contribution is 0.0696. The van der Waals surface area contributed by atoms with Gasteiger partial charge < -0.3 is 5.11 Å². The molecular weight excluding hydrogens is 216 g/mol. The summed E-state index contributed by atoms with van der Waals surface area (Å²) in [4.78, 5) is 13.9. The van der Waals surface area contributed by atoms with Crippen LogP contribution in [0.5, 0.6) is 0 Å². The van der Waals surface area contributed by atoms with Gasteiger partial charge in [-0.3, -0.25) is 0 Å². The molecule has 0 atom stereocenters. The van der Waals surface area contributed by atoms with Gasteiger partial charge in [0.25, 0.3) is 0 Å². The van der Waals surface area contributed by atoms with Crippen LogP contribution in [0, 0.1) is 0 Å². The van der Waals surface area contributed by atoms with Crippen molar-refractivity contribution in [1.29, 1.82) is 0 Å². The number of hydrogen-bond donors (Lipinski definition) is 1. The molecule has 1 N–H and O–H groups in total. The van der Waals surface area contributed by atoms with Crippen LogP contribution in [0.15, 0.2) is 0 Å². The van der Waals surface area contributed by atoms with Crippen molar-refractivity contribution in [2.24, 2.45) is 0 Å². The standard InChI is InChI=1S/C5H6N2O4S2/c1-13(10,11)2-3-6-4(5(8)9)12-7-3/h2H2,1H3,(H,8,9). The molecule has 0 amide bonds. The topological polar surface area (TPSA) is 97.2 Å². The van der Waals surface area contributed by atoms with Crippen molar-refractivity contribution in [1.82, 2.24) is 9.36 Å². The maximum atomic E-state index is 10.8. The summed E-state index contributed by atoms with van der Waals surface area (Å²) in [5.74, 6) is -1.49. The molecule has 0 saturated carbocycles. The molecule has 0 aliphatic heterocycles. The van der Waals surface area contributed by atoms with Crippen LogP contribution in [-0.4, -0.2) is 35.1 Å². The molecule has 6 nitrogen and oxygen atoms in total. The predicted octanol–water partition coefficient (Wildman–Crippen LogP) is -0.219. The average Bonchev–Trinajstić information content (AvgIpc) is 2.31. The highest BCUT2D eigenvalue weighted by Crippen LogP contribution is 2.06. The van der Waals surface area contributed by atoms with Gasteiger partial charge in [-0.15, -0.1) is 0 Å². The monoisotopic (exact) mass is 222 g/mol. The number of nitrogens with zero attached hydrogens (tertiary/aromatic N) is 2. The van der Waals surface area contributed by atoms with Gasteiger partial charge in [-0.05, 0) is 11.5 Å². The summed E-state index contributed by atoms with van der Waals surface area (Å²) in [6.07, 6.45) is 1.04. The molecular formula is C5H6N2O4S2. The number of carboxylic acid groups (broad SMARTS) is 1. The third kappa shape index (κ3) is 3.07. The Bertz CT molecular complexity index is 421. The van der Waals surface area contributed by atoms with Crippen molar-refractivity contribution in [3.8, 4) is 0 Å². The molecule has 1 aromatic rings. The third-order valence-corrected chi connectivity index (χ3v) is 2.57. The molecule has 1 rings (SSSR count). The highest BCUT2D eigenvalue weighted by molar-refractivity contribution is 7.89. The van der Waals surface area contributed by atoms with E-state index in [2.05, 4.69) is 9.36 Å². The lowest BCUT2D eigenvalue weighted by Gasteiger charge is -1.89. The Morgan fingerprint density at radius 2 is 2.23 bits per heavy atom. The molecule has 0 radical (unpaired) electrons. The smallest absolute Gasteiger partial charge is 0.366 e. The Morgan fingerprint density at radius 3 is 2.62 bits per heavy atom. The van der Waals surface area contributed by atoms with Crippen LogP contribution in [0.3, 0.4) is 0 Å². The molecule has 13 heavy (non-hydrogen) atoms. The van der Waals surface area contributed by atoms with Gasteiger partial charge in [0.2, 0.25) is 5.01 Å². The van der Waals surface area contributed by atoms with Crippen molar-refractivity contribution in [2.75, 3.05) is 6.26 Å². The van der Waals surface area contributed by atoms with Crippen LogP contribution in [0.4, 0.5) is 0 Å². The summed E-state index contributed by atoms with van der Waals surface area (Å²) in [7, 11) is -3.20. The lowest BCUT2D eigenvalue weighted by Crippen LogP contribution is -2.03. The number of rotatable bonds is 3. The fraction of sp³-hybridized carbons (Fsp3) is 0.400. The van der Waals surface area contributed by atoms with Crippen LogP contribution in [0.2, 0.25) is 0 Å². The number of hydrogen-bond acceptors (Lipinski definition) is 6. The highest BCUT2D eigenvalue weighted by Gasteiger charge is 2.13. The van der Waals surface area contributed by atoms with Gasteiger partial charge in [-0.2, -0.15) is 4.37 Å². The van der Waals surface area contributed by atoms with Crippen molar-refractivity contribution in [2.45, 2.75) is 5.75 Å². The van der Waals surface area contributed by atoms with E-state index in [-0.39, 0.29) is 16.6 Å². The van der Waals surface area contributed by atoms with Gasteiger partial charge in [0.1, 0.15) is 5.75 Å². The number of carbonyl (C=O) groups is 1. The van der Waals surface area contributed by atoms with Gasteiger partial charge in [0, 0.05) is 6.26 Å². The molecule has 1 aromatic heterocycles. The Hall–Kier alpha value is -1.02. The van der Waals surface area contributed by atoms with Crippen LogP contribution >= 0.6 is 11.5 Å². The lowest BCUT2D eigenvalue weighted by atomic mass is 10.7. The first-order valence-corrected chi connectivity index (χ1v) is 5.95. The summed E-state index contributed by atoms with van der Waals surface area (Å²) in [6, 6.07) is 0. The van der Waals surface area contributed by atoms with Crippen molar-refractivity contribution in [3.05, 3.63) is 10.8 Å². The van der Waals surface area contributed by atoms with E-state index in [0.717, 1.165) is 6.26 Å². The third-order valence-electron chi connectivity index (χ3n) is 1.04. The SMILES string of the molecule is CS(=O)(=O)Cc1nsc(C(=O)O)n1. The molecule has 0 bridgehead atoms. The van der Waals surface area contributed by atoms with E-state index >= 15 is 0 Å². The summed E-state index contributed by atoms with van der Waals surface area (Å²) in [6.45, 7) is 0. The van der Waals surface area contributed by atoms with E-state index in [1.54, 1.807) is 0 Å². The molecule has 0 fully saturated rings. The molecule has 72 valence electrons. The van der Waals surface area contributed by atoms with Crippen LogP contribution in [0.1, 0.15) is 15.6 Å². The quantitative estimate of drug-likeness (QED) is 0.759. The van der Waals surface area contributed by atoms with E-state index < -0.39 is 15.8 Å². The number of sulfone groups is 1. The van der Waals surface area contributed by atoms with E-state index in [0.29, 0.717) is 11.5 Å². The molecule has 1 heterocycles. The fourth-order valence-electron chi connectivity index (χ4n) is 0.634. The minimum Gasteiger partial charge on any atom is -0.476 e. The second-order valence-corrected chi connectivity index (χ2v) is 5.28. The van der Waals surface area contributed by atoms with Crippen LogP contribution < -0.4 is 0 Å². The van der Waals surface area contributed by atoms with Gasteiger partial charge in [-0.25, -0.2) is 18.2 Å². The summed E-state index contributed by atoms with van der Waals surface area (Å²) < 4.78 is 25.1. The summed E-state index contributed by atoms with van der Waals surface area (Å²) in [5.41, 5.74) is 0. The fourth-order valence-corrected chi connectivity index (χ4v) is 1.84. The zero-order valence-corrected chi connectivity index (χ0v) is 8.22. The summed E-state index contributed by atoms with van der Waals surface area (Å²) in [5, 5.41) is 8.26. The van der Waals surface area contributed by atoms with E-state index in [1.165, 1.54) is 0 Å². The average molecular weight is 222 g/mol. The zero-order chi connectivity index (χ0) is 10.1. The van der Waals surface area contributed by atoms with Gasteiger partial charge in [0.15, 0.2) is 15.7 Å². The largest absolute Gasteiger partial charge is 0.476 e. The summed E-state index contributed by atoms with van der Waals surface area (Å²) >= 11 is 0.673. The Morgan fingerprint density at radius 1 is 1.62 bits per heavy atom. The molecule has 0 saturated heterocycles. The second kappa shape index (κ2) is 3.38. The van der Waals surface area contributed by atoms with E-state index in [1.807, 2.05) is 0 Å². The second-order valence-electron chi connectivity index (χ2n) is 2.39. The number of carboxylic acids is 1. The minimum absolute atomic E-state index is 0.0323. The Kier molecular flexibility index (Phi) is 2.62. The maximum absolute atomic E-state index is 10.8. The van der Waals surface area contributed by atoms with Gasteiger partial charge >= 0.3 is 5.97 Å². The molecule has 0 aliphatic carbocycles. The first-order chi connectivity index (χ1) is 5.88. The van der Waals surface area contributed by atoms with E-state index in [4.69, 9.17) is 5.11 Å². The first kappa shape index (κ1) is 10.1. The molecule has 0 unspecified atom stereocenters. The van der Waals surface area contributed by atoms with Crippen molar-refractivity contribution in [3.63, 3.8) is 0 Å². The van der Waals surface area contributed by atoms with Crippen LogP contribution in [0.25, 0.3) is 0 Å². The number of aromatic nitrogens is 2. The molecule has 0 spiro atoms. The van der Waals surface area contributed by atoms with Crippen molar-refractivity contribution < 1.29 is 18.3 Å². The zero-order valence-electron chi connectivity index (χ0n) is 6.59. The highest BCUT2D eigenvalue weighted by atomic mass is 32.2. The minimum atomic E-state index is -3.20. The Balaban J connectivity index is 2.87. The molecule has 0 aliphatic rings.